The molecular formula is C18H11F2N3. The van der Waals surface area contributed by atoms with Gasteiger partial charge in [-0.25, -0.2) is 8.78 Å². The van der Waals surface area contributed by atoms with E-state index in [0.717, 1.165) is 16.8 Å². The van der Waals surface area contributed by atoms with Crippen molar-refractivity contribution in [3.63, 3.8) is 0 Å². The number of nitrogens with one attached hydrogen (secondary N) is 3. The van der Waals surface area contributed by atoms with Gasteiger partial charge in [0, 0.05) is 22.8 Å². The molecule has 3 aromatic carbocycles. The van der Waals surface area contributed by atoms with E-state index in [1.54, 1.807) is 0 Å². The summed E-state index contributed by atoms with van der Waals surface area (Å²) in [6.07, 6.45) is 0. The molecule has 0 amide bonds. The van der Waals surface area contributed by atoms with E-state index in [4.69, 9.17) is 10.8 Å². The zero-order valence-corrected chi connectivity index (χ0v) is 11.9. The van der Waals surface area contributed by atoms with Crippen LogP contribution in [0.25, 0.3) is 21.9 Å². The van der Waals surface area contributed by atoms with Crippen LogP contribution in [-0.2, 0) is 0 Å². The monoisotopic (exact) mass is 307 g/mol. The first kappa shape index (κ1) is 13.6. The Bertz CT molecular complexity index is 988. The second-order valence-electron chi connectivity index (χ2n) is 5.43. The van der Waals surface area contributed by atoms with Gasteiger partial charge in [-0.2, -0.15) is 0 Å². The molecule has 0 atom stereocenters. The minimum atomic E-state index is -0.672. The van der Waals surface area contributed by atoms with E-state index >= 15 is 0 Å². The number of hydrogen-bond acceptors (Lipinski definition) is 2. The summed E-state index contributed by atoms with van der Waals surface area (Å²) < 4.78 is 27.4. The molecule has 0 saturated heterocycles. The van der Waals surface area contributed by atoms with Gasteiger partial charge in [0.05, 0.1) is 0 Å². The summed E-state index contributed by atoms with van der Waals surface area (Å²) in [5.41, 5.74) is 1.99. The molecular weight excluding hydrogens is 296 g/mol. The number of hydrogen-bond donors (Lipinski definition) is 3. The fraction of sp³-hybridized carbons (Fsp3) is 0. The molecule has 0 aliphatic carbocycles. The first-order chi connectivity index (χ1) is 11.0. The van der Waals surface area contributed by atoms with Gasteiger partial charge in [-0.1, -0.05) is 24.3 Å². The third-order valence-electron chi connectivity index (χ3n) is 3.97. The highest BCUT2D eigenvalue weighted by Crippen LogP contribution is 2.37. The molecule has 5 heteroatoms. The first-order valence-electron chi connectivity index (χ1n) is 7.01. The lowest BCUT2D eigenvalue weighted by molar-refractivity contribution is 0.584. The Labute approximate surface area is 130 Å². The van der Waals surface area contributed by atoms with Crippen molar-refractivity contribution in [3.05, 3.63) is 71.3 Å². The zero-order chi connectivity index (χ0) is 16.1. The predicted octanol–water partition coefficient (Wildman–Crippen LogP) is 4.04. The van der Waals surface area contributed by atoms with Crippen molar-refractivity contribution >= 4 is 22.4 Å². The molecule has 4 rings (SSSR count). The molecule has 112 valence electrons. The standard InChI is InChI=1S/C18H11F2N3/c19-11-5-10(6-12(20)8-11)15-13-4-2-1-3-9(13)7-14-16(15)18(22)23-17(14)21/h1-8H,(H3,21,22,23). The Morgan fingerprint density at radius 2 is 1.48 bits per heavy atom. The Hall–Kier alpha value is -3.08. The van der Waals surface area contributed by atoms with Crippen molar-refractivity contribution in [3.8, 4) is 11.1 Å². The van der Waals surface area contributed by atoms with Crippen LogP contribution < -0.4 is 5.32 Å². The normalized spacial score (nSPS) is 13.3. The minimum Gasteiger partial charge on any atom is -0.325 e. The maximum Gasteiger partial charge on any atom is 0.132 e. The summed E-state index contributed by atoms with van der Waals surface area (Å²) >= 11 is 0. The van der Waals surface area contributed by atoms with Gasteiger partial charge < -0.3 is 5.32 Å². The van der Waals surface area contributed by atoms with Crippen LogP contribution >= 0.6 is 0 Å². The Morgan fingerprint density at radius 1 is 0.783 bits per heavy atom. The van der Waals surface area contributed by atoms with E-state index in [9.17, 15) is 8.78 Å². The molecule has 23 heavy (non-hydrogen) atoms. The fourth-order valence-corrected chi connectivity index (χ4v) is 3.06. The van der Waals surface area contributed by atoms with Crippen LogP contribution in [0.1, 0.15) is 11.1 Å². The van der Waals surface area contributed by atoms with Crippen molar-refractivity contribution in [2.75, 3.05) is 0 Å². The molecule has 1 heterocycles. The number of halogens is 2. The summed E-state index contributed by atoms with van der Waals surface area (Å²) in [7, 11) is 0. The van der Waals surface area contributed by atoms with E-state index in [1.807, 2.05) is 30.3 Å². The van der Waals surface area contributed by atoms with E-state index in [-0.39, 0.29) is 11.7 Å². The molecule has 0 saturated carbocycles. The topological polar surface area (TPSA) is 59.7 Å². The highest BCUT2D eigenvalue weighted by molar-refractivity contribution is 6.28. The van der Waals surface area contributed by atoms with Gasteiger partial charge in [-0.05, 0) is 34.5 Å². The molecule has 3 nitrogen and oxygen atoms in total. The van der Waals surface area contributed by atoms with Crippen LogP contribution in [-0.4, -0.2) is 11.7 Å². The van der Waals surface area contributed by atoms with Gasteiger partial charge in [0.25, 0.3) is 0 Å². The van der Waals surface area contributed by atoms with Crippen LogP contribution in [0.3, 0.4) is 0 Å². The highest BCUT2D eigenvalue weighted by atomic mass is 19.1. The zero-order valence-electron chi connectivity index (χ0n) is 11.9. The average molecular weight is 307 g/mol. The summed E-state index contributed by atoms with van der Waals surface area (Å²) in [4.78, 5) is 0. The smallest absolute Gasteiger partial charge is 0.132 e. The van der Waals surface area contributed by atoms with E-state index < -0.39 is 11.6 Å². The van der Waals surface area contributed by atoms with Gasteiger partial charge in [-0.15, -0.1) is 0 Å². The molecule has 0 bridgehead atoms. The van der Waals surface area contributed by atoms with Crippen LogP contribution in [0, 0.1) is 22.5 Å². The maximum atomic E-state index is 13.7. The molecule has 0 spiro atoms. The summed E-state index contributed by atoms with van der Waals surface area (Å²) in [6.45, 7) is 0. The van der Waals surface area contributed by atoms with Crippen LogP contribution in [0.5, 0.6) is 0 Å². The number of benzene rings is 3. The second-order valence-corrected chi connectivity index (χ2v) is 5.43. The van der Waals surface area contributed by atoms with Crippen molar-refractivity contribution in [2.24, 2.45) is 0 Å². The van der Waals surface area contributed by atoms with Crippen LogP contribution in [0.2, 0.25) is 0 Å². The highest BCUT2D eigenvalue weighted by Gasteiger charge is 2.27. The minimum absolute atomic E-state index is 0.0652. The predicted molar refractivity (Wildman–Crippen MR) is 86.1 cm³/mol. The van der Waals surface area contributed by atoms with Gasteiger partial charge in [-0.3, -0.25) is 10.8 Å². The van der Waals surface area contributed by atoms with Gasteiger partial charge in [0.15, 0.2) is 0 Å². The summed E-state index contributed by atoms with van der Waals surface area (Å²) in [6, 6.07) is 12.6. The van der Waals surface area contributed by atoms with Crippen molar-refractivity contribution in [1.82, 2.24) is 5.32 Å². The molecule has 0 unspecified atom stereocenters. The molecule has 3 aromatic rings. The number of amidine groups is 2. The van der Waals surface area contributed by atoms with Crippen LogP contribution in [0.15, 0.2) is 48.5 Å². The Morgan fingerprint density at radius 3 is 2.22 bits per heavy atom. The number of fused-ring (bicyclic) bond motifs is 2. The molecule has 0 aromatic heterocycles. The van der Waals surface area contributed by atoms with Crippen LogP contribution in [0.4, 0.5) is 8.78 Å². The number of rotatable bonds is 1. The molecule has 1 aliphatic heterocycles. The molecule has 0 radical (unpaired) electrons. The third kappa shape index (κ3) is 2.01. The van der Waals surface area contributed by atoms with E-state index in [0.29, 0.717) is 22.3 Å². The Balaban J connectivity index is 2.18. The fourth-order valence-electron chi connectivity index (χ4n) is 3.06. The van der Waals surface area contributed by atoms with Crippen molar-refractivity contribution in [1.29, 1.82) is 10.8 Å². The lowest BCUT2D eigenvalue weighted by Crippen LogP contribution is -2.20. The van der Waals surface area contributed by atoms with Gasteiger partial charge >= 0.3 is 0 Å². The third-order valence-corrected chi connectivity index (χ3v) is 3.97. The first-order valence-corrected chi connectivity index (χ1v) is 7.01. The van der Waals surface area contributed by atoms with E-state index in [2.05, 4.69) is 5.32 Å². The Kier molecular flexibility index (Phi) is 2.78. The lowest BCUT2D eigenvalue weighted by atomic mass is 9.90. The lowest BCUT2D eigenvalue weighted by Gasteiger charge is -2.13. The van der Waals surface area contributed by atoms with Crippen molar-refractivity contribution < 1.29 is 8.78 Å². The van der Waals surface area contributed by atoms with E-state index in [1.165, 1.54) is 12.1 Å². The largest absolute Gasteiger partial charge is 0.325 e. The van der Waals surface area contributed by atoms with Crippen molar-refractivity contribution in [2.45, 2.75) is 0 Å². The second kappa shape index (κ2) is 4.71. The summed E-state index contributed by atoms with van der Waals surface area (Å²) in [5, 5.41) is 20.4. The SMILES string of the molecule is N=C1NC(=N)c2c1cc1ccccc1c2-c1cc(F)cc(F)c1. The van der Waals surface area contributed by atoms with Gasteiger partial charge in [0.1, 0.15) is 23.3 Å². The average Bonchev–Trinajstić information content (AvgIpc) is 2.78. The molecule has 1 aliphatic rings. The maximum absolute atomic E-state index is 13.7. The quantitative estimate of drug-likeness (QED) is 0.624. The van der Waals surface area contributed by atoms with Gasteiger partial charge in [0.2, 0.25) is 0 Å². The summed E-state index contributed by atoms with van der Waals surface area (Å²) in [5.74, 6) is -1.16. The molecule has 3 N–H and O–H groups in total. The molecule has 0 fully saturated rings.